The summed E-state index contributed by atoms with van der Waals surface area (Å²) >= 11 is 4.34. The third-order valence-electron chi connectivity index (χ3n) is 3.14. The van der Waals surface area contributed by atoms with Gasteiger partial charge < -0.3 is 9.58 Å². The molecule has 0 aromatic heterocycles. The van der Waals surface area contributed by atoms with Gasteiger partial charge in [0.1, 0.15) is 0 Å². The first-order valence-corrected chi connectivity index (χ1v) is 5.91. The van der Waals surface area contributed by atoms with Gasteiger partial charge in [0.25, 0.3) is 5.54 Å². The van der Waals surface area contributed by atoms with E-state index in [4.69, 9.17) is 11.3 Å². The summed E-state index contributed by atoms with van der Waals surface area (Å²) in [6.45, 7) is 10.2. The second-order valence-electron chi connectivity index (χ2n) is 4.33. The zero-order valence-corrected chi connectivity index (χ0v) is 10.2. The van der Waals surface area contributed by atoms with Gasteiger partial charge in [-0.25, -0.2) is 6.57 Å². The van der Waals surface area contributed by atoms with Gasteiger partial charge in [0, 0.05) is 10.5 Å². The maximum atomic E-state index is 7.49. The van der Waals surface area contributed by atoms with Crippen molar-refractivity contribution in [1.29, 1.82) is 0 Å². The Labute approximate surface area is 102 Å². The molecule has 0 spiro atoms. The molecule has 1 aromatic carbocycles. The molecular weight excluding hydrogens is 218 g/mol. The van der Waals surface area contributed by atoms with Crippen molar-refractivity contribution in [3.63, 3.8) is 0 Å². The Bertz CT molecular complexity index is 426. The number of thiol groups is 1. The van der Waals surface area contributed by atoms with Gasteiger partial charge in [-0.15, -0.1) is 12.6 Å². The van der Waals surface area contributed by atoms with E-state index in [1.165, 1.54) is 0 Å². The second-order valence-corrected chi connectivity index (χ2v) is 4.85. The van der Waals surface area contributed by atoms with Crippen LogP contribution in [0.2, 0.25) is 0 Å². The van der Waals surface area contributed by atoms with Crippen molar-refractivity contribution in [1.82, 2.24) is 0 Å². The number of ether oxygens (including phenoxy) is 1. The van der Waals surface area contributed by atoms with Gasteiger partial charge in [0.05, 0.1) is 25.6 Å². The fourth-order valence-electron chi connectivity index (χ4n) is 2.29. The Kier molecular flexibility index (Phi) is 3.22. The molecule has 1 aliphatic rings. The molecule has 0 radical (unpaired) electrons. The lowest BCUT2D eigenvalue weighted by Gasteiger charge is -2.30. The van der Waals surface area contributed by atoms with Crippen LogP contribution in [0.5, 0.6) is 0 Å². The van der Waals surface area contributed by atoms with Crippen molar-refractivity contribution in [2.24, 2.45) is 0 Å². The third kappa shape index (κ3) is 2.09. The lowest BCUT2D eigenvalue weighted by molar-refractivity contribution is 0.00108. The van der Waals surface area contributed by atoms with Crippen molar-refractivity contribution in [2.45, 2.75) is 36.3 Å². The molecule has 2 atom stereocenters. The predicted octanol–water partition coefficient (Wildman–Crippen LogP) is 3.29. The predicted molar refractivity (Wildman–Crippen MR) is 66.6 cm³/mol. The smallest absolute Gasteiger partial charge is 0.262 e. The molecule has 1 heterocycles. The first kappa shape index (κ1) is 11.5. The van der Waals surface area contributed by atoms with Crippen molar-refractivity contribution in [2.75, 3.05) is 6.61 Å². The van der Waals surface area contributed by atoms with E-state index in [0.717, 1.165) is 23.3 Å². The molecule has 0 saturated carbocycles. The second kappa shape index (κ2) is 4.48. The van der Waals surface area contributed by atoms with Gasteiger partial charge in [-0.2, -0.15) is 0 Å². The summed E-state index contributed by atoms with van der Waals surface area (Å²) in [6.07, 6.45) is 1.71. The molecule has 0 aliphatic carbocycles. The first-order chi connectivity index (χ1) is 7.66. The standard InChI is InChI=1S/C13H15NOS/c1-10-9-13(14-2,6-7-15-10)11-4-3-5-12(16)8-11/h3-5,8,10,16H,6-7,9H2,1H3. The normalized spacial score (nSPS) is 29.7. The molecule has 16 heavy (non-hydrogen) atoms. The number of rotatable bonds is 1. The monoisotopic (exact) mass is 233 g/mol. The molecule has 1 aromatic rings. The number of hydrogen-bond donors (Lipinski definition) is 1. The molecule has 0 amide bonds. The zero-order chi connectivity index (χ0) is 11.6. The molecule has 0 N–H and O–H groups in total. The van der Waals surface area contributed by atoms with Crippen LogP contribution < -0.4 is 0 Å². The number of nitrogens with zero attached hydrogens (tertiary/aromatic N) is 1. The van der Waals surface area contributed by atoms with E-state index >= 15 is 0 Å². The molecule has 0 bridgehead atoms. The SMILES string of the molecule is [C-]#[N+]C1(c2cccc(S)c2)CCOC(C)C1. The van der Waals surface area contributed by atoms with Crippen molar-refractivity contribution >= 4 is 12.6 Å². The molecule has 2 rings (SSSR count). The van der Waals surface area contributed by atoms with E-state index in [1.807, 2.05) is 31.2 Å². The summed E-state index contributed by atoms with van der Waals surface area (Å²) in [5.74, 6) is 0. The fourth-order valence-corrected chi connectivity index (χ4v) is 2.51. The van der Waals surface area contributed by atoms with E-state index < -0.39 is 5.54 Å². The molecule has 84 valence electrons. The van der Waals surface area contributed by atoms with E-state index in [-0.39, 0.29) is 6.10 Å². The minimum atomic E-state index is -0.406. The maximum absolute atomic E-state index is 7.49. The number of benzene rings is 1. The average Bonchev–Trinajstić information content (AvgIpc) is 2.29. The lowest BCUT2D eigenvalue weighted by Crippen LogP contribution is -2.34. The van der Waals surface area contributed by atoms with Gasteiger partial charge in [-0.05, 0) is 19.1 Å². The van der Waals surface area contributed by atoms with E-state index in [0.29, 0.717) is 6.61 Å². The van der Waals surface area contributed by atoms with Crippen LogP contribution in [-0.2, 0) is 10.3 Å². The van der Waals surface area contributed by atoms with Gasteiger partial charge in [0.2, 0.25) is 0 Å². The minimum Gasteiger partial charge on any atom is -0.378 e. The van der Waals surface area contributed by atoms with E-state index in [1.54, 1.807) is 0 Å². The summed E-state index contributed by atoms with van der Waals surface area (Å²) in [4.78, 5) is 4.79. The van der Waals surface area contributed by atoms with Crippen LogP contribution in [0.4, 0.5) is 0 Å². The summed E-state index contributed by atoms with van der Waals surface area (Å²) in [6, 6.07) is 7.92. The molecule has 2 unspecified atom stereocenters. The van der Waals surface area contributed by atoms with Crippen molar-refractivity contribution in [3.05, 3.63) is 41.2 Å². The van der Waals surface area contributed by atoms with E-state index in [9.17, 15) is 0 Å². The van der Waals surface area contributed by atoms with Gasteiger partial charge in [-0.3, -0.25) is 0 Å². The minimum absolute atomic E-state index is 0.159. The Balaban J connectivity index is 2.38. The van der Waals surface area contributed by atoms with Crippen molar-refractivity contribution < 1.29 is 4.74 Å². The Morgan fingerprint density at radius 1 is 1.56 bits per heavy atom. The highest BCUT2D eigenvalue weighted by Gasteiger charge is 2.43. The molecule has 1 fully saturated rings. The van der Waals surface area contributed by atoms with Crippen LogP contribution in [-0.4, -0.2) is 12.7 Å². The van der Waals surface area contributed by atoms with Crippen LogP contribution >= 0.6 is 12.6 Å². The third-order valence-corrected chi connectivity index (χ3v) is 3.42. The average molecular weight is 233 g/mol. The highest BCUT2D eigenvalue weighted by molar-refractivity contribution is 7.80. The van der Waals surface area contributed by atoms with Crippen LogP contribution in [0.25, 0.3) is 4.85 Å². The van der Waals surface area contributed by atoms with Gasteiger partial charge in [0.15, 0.2) is 0 Å². The molecular formula is C13H15NOS. The Morgan fingerprint density at radius 3 is 3.00 bits per heavy atom. The Morgan fingerprint density at radius 2 is 2.38 bits per heavy atom. The molecule has 1 saturated heterocycles. The molecule has 2 nitrogen and oxygen atoms in total. The largest absolute Gasteiger partial charge is 0.378 e. The van der Waals surface area contributed by atoms with Crippen LogP contribution in [0.1, 0.15) is 25.3 Å². The molecule has 1 aliphatic heterocycles. The van der Waals surface area contributed by atoms with Crippen LogP contribution in [0, 0.1) is 6.57 Å². The van der Waals surface area contributed by atoms with Crippen LogP contribution in [0.15, 0.2) is 29.2 Å². The van der Waals surface area contributed by atoms with Crippen molar-refractivity contribution in [3.8, 4) is 0 Å². The highest BCUT2D eigenvalue weighted by Crippen LogP contribution is 2.39. The van der Waals surface area contributed by atoms with Crippen LogP contribution in [0.3, 0.4) is 0 Å². The number of hydrogen-bond acceptors (Lipinski definition) is 2. The van der Waals surface area contributed by atoms with Gasteiger partial charge >= 0.3 is 0 Å². The zero-order valence-electron chi connectivity index (χ0n) is 9.31. The quantitative estimate of drug-likeness (QED) is 0.580. The van der Waals surface area contributed by atoms with E-state index in [2.05, 4.69) is 17.5 Å². The Hall–Kier alpha value is -0.980. The lowest BCUT2D eigenvalue weighted by atomic mass is 9.81. The topological polar surface area (TPSA) is 13.6 Å². The van der Waals surface area contributed by atoms with Gasteiger partial charge in [-0.1, -0.05) is 12.1 Å². The highest BCUT2D eigenvalue weighted by atomic mass is 32.1. The maximum Gasteiger partial charge on any atom is 0.262 e. The fraction of sp³-hybridized carbons (Fsp3) is 0.462. The summed E-state index contributed by atoms with van der Waals surface area (Å²) < 4.78 is 5.52. The summed E-state index contributed by atoms with van der Waals surface area (Å²) in [5, 5.41) is 0. The molecule has 3 heteroatoms. The summed E-state index contributed by atoms with van der Waals surface area (Å²) in [7, 11) is 0. The summed E-state index contributed by atoms with van der Waals surface area (Å²) in [5.41, 5.74) is 0.668. The first-order valence-electron chi connectivity index (χ1n) is 5.46.